The maximum atomic E-state index is 13.2. The number of hydrogen-bond acceptors (Lipinski definition) is 1. The molecule has 2 N–H and O–H groups in total. The van der Waals surface area contributed by atoms with Gasteiger partial charge in [0.15, 0.2) is 0 Å². The van der Waals surface area contributed by atoms with E-state index in [1.165, 1.54) is 12.1 Å². The Morgan fingerprint density at radius 1 is 1.21 bits per heavy atom. The summed E-state index contributed by atoms with van der Waals surface area (Å²) in [6.45, 7) is -0.983. The molecule has 0 unspecified atom stereocenters. The van der Waals surface area contributed by atoms with Gasteiger partial charge in [-0.05, 0) is 0 Å². The molecule has 1 aromatic rings. The fraction of sp³-hybridized carbons (Fsp3) is 0.333. The first-order valence-electron chi connectivity index (χ1n) is 3.96. The Balaban J connectivity index is 3.13. The Morgan fingerprint density at radius 2 is 1.79 bits per heavy atom. The van der Waals surface area contributed by atoms with Gasteiger partial charge in [-0.25, -0.2) is 17.6 Å². The van der Waals surface area contributed by atoms with Crippen molar-refractivity contribution < 1.29 is 17.6 Å². The highest BCUT2D eigenvalue weighted by atomic mass is 19.3. The van der Waals surface area contributed by atoms with Gasteiger partial charge in [0.2, 0.25) is 0 Å². The van der Waals surface area contributed by atoms with Crippen LogP contribution in [0.3, 0.4) is 0 Å². The first-order chi connectivity index (χ1) is 6.57. The molecule has 0 aliphatic carbocycles. The third-order valence-corrected chi connectivity index (χ3v) is 1.86. The van der Waals surface area contributed by atoms with Crippen LogP contribution in [0, 0.1) is 5.82 Å². The minimum Gasteiger partial charge on any atom is -0.322 e. The fourth-order valence-electron chi connectivity index (χ4n) is 1.11. The number of hydrogen-bond donors (Lipinski definition) is 1. The lowest BCUT2D eigenvalue weighted by atomic mass is 10.0. The summed E-state index contributed by atoms with van der Waals surface area (Å²) in [6, 6.07) is 2.20. The number of nitrogens with two attached hydrogens (primary N) is 1. The highest BCUT2D eigenvalue weighted by Gasteiger charge is 2.19. The van der Waals surface area contributed by atoms with Crippen LogP contribution in [-0.4, -0.2) is 6.67 Å². The van der Waals surface area contributed by atoms with Crippen molar-refractivity contribution >= 4 is 0 Å². The first kappa shape index (κ1) is 11.0. The van der Waals surface area contributed by atoms with Gasteiger partial charge in [0.1, 0.15) is 12.5 Å². The molecule has 5 heteroatoms. The van der Waals surface area contributed by atoms with E-state index >= 15 is 0 Å². The number of halogens is 4. The van der Waals surface area contributed by atoms with Crippen LogP contribution >= 0.6 is 0 Å². The molecule has 0 heterocycles. The summed E-state index contributed by atoms with van der Waals surface area (Å²) in [7, 11) is 0. The predicted molar refractivity (Wildman–Crippen MR) is 44.3 cm³/mol. The predicted octanol–water partition coefficient (Wildman–Crippen LogP) is 2.73. The fourth-order valence-corrected chi connectivity index (χ4v) is 1.11. The van der Waals surface area contributed by atoms with Crippen molar-refractivity contribution in [3.8, 4) is 0 Å². The van der Waals surface area contributed by atoms with Gasteiger partial charge in [0, 0.05) is 5.56 Å². The maximum absolute atomic E-state index is 13.2. The maximum Gasteiger partial charge on any atom is 0.266 e. The zero-order chi connectivity index (χ0) is 10.7. The summed E-state index contributed by atoms with van der Waals surface area (Å²) < 4.78 is 49.7. The molecule has 0 saturated heterocycles. The summed E-state index contributed by atoms with van der Waals surface area (Å²) in [5, 5.41) is 0. The van der Waals surface area contributed by atoms with Crippen molar-refractivity contribution in [2.24, 2.45) is 5.73 Å². The molecule has 0 radical (unpaired) electrons. The molecule has 0 aliphatic heterocycles. The smallest absolute Gasteiger partial charge is 0.266 e. The van der Waals surface area contributed by atoms with Crippen LogP contribution in [0.2, 0.25) is 0 Å². The van der Waals surface area contributed by atoms with Crippen LogP contribution < -0.4 is 5.73 Å². The monoisotopic (exact) mass is 207 g/mol. The van der Waals surface area contributed by atoms with Crippen LogP contribution in [0.25, 0.3) is 0 Å². The van der Waals surface area contributed by atoms with E-state index in [4.69, 9.17) is 5.73 Å². The van der Waals surface area contributed by atoms with Crippen LogP contribution in [0.1, 0.15) is 23.6 Å². The molecule has 0 bridgehead atoms. The Morgan fingerprint density at radius 3 is 2.29 bits per heavy atom. The van der Waals surface area contributed by atoms with Gasteiger partial charge in [0.25, 0.3) is 6.43 Å². The summed E-state index contributed by atoms with van der Waals surface area (Å²) >= 11 is 0. The zero-order valence-corrected chi connectivity index (χ0v) is 7.18. The lowest BCUT2D eigenvalue weighted by Crippen LogP contribution is -2.15. The largest absolute Gasteiger partial charge is 0.322 e. The van der Waals surface area contributed by atoms with Gasteiger partial charge in [-0.1, -0.05) is 18.2 Å². The molecule has 0 fully saturated rings. The van der Waals surface area contributed by atoms with Crippen molar-refractivity contribution in [1.82, 2.24) is 0 Å². The van der Waals surface area contributed by atoms with E-state index in [1.807, 2.05) is 0 Å². The molecule has 1 atom stereocenters. The number of benzene rings is 1. The molecule has 1 aromatic carbocycles. The highest BCUT2D eigenvalue weighted by Crippen LogP contribution is 2.26. The third-order valence-electron chi connectivity index (χ3n) is 1.86. The molecule has 0 saturated carbocycles. The molecule has 0 aromatic heterocycles. The normalized spacial score (nSPS) is 13.3. The summed E-state index contributed by atoms with van der Waals surface area (Å²) in [6.07, 6.45) is -2.92. The molecular weight excluding hydrogens is 198 g/mol. The van der Waals surface area contributed by atoms with E-state index in [2.05, 4.69) is 0 Å². The Bertz CT molecular complexity index is 314. The average molecular weight is 207 g/mol. The zero-order valence-electron chi connectivity index (χ0n) is 7.18. The molecule has 78 valence electrons. The molecule has 0 amide bonds. The van der Waals surface area contributed by atoms with E-state index < -0.39 is 30.5 Å². The second-order valence-corrected chi connectivity index (χ2v) is 2.81. The molecule has 1 rings (SSSR count). The van der Waals surface area contributed by atoms with Crippen LogP contribution in [-0.2, 0) is 0 Å². The lowest BCUT2D eigenvalue weighted by Gasteiger charge is -2.11. The van der Waals surface area contributed by atoms with E-state index in [9.17, 15) is 17.6 Å². The van der Waals surface area contributed by atoms with Gasteiger partial charge in [-0.15, -0.1) is 0 Å². The van der Waals surface area contributed by atoms with E-state index in [1.54, 1.807) is 0 Å². The SMILES string of the molecule is N[C@H](CF)c1cccc(C(F)F)c1F. The van der Waals surface area contributed by atoms with E-state index in [0.717, 1.165) is 6.07 Å². The van der Waals surface area contributed by atoms with Gasteiger partial charge in [-0.3, -0.25) is 0 Å². The lowest BCUT2D eigenvalue weighted by molar-refractivity contribution is 0.146. The van der Waals surface area contributed by atoms with Crippen molar-refractivity contribution in [2.45, 2.75) is 12.5 Å². The number of rotatable bonds is 3. The van der Waals surface area contributed by atoms with Crippen molar-refractivity contribution in [3.63, 3.8) is 0 Å². The second-order valence-electron chi connectivity index (χ2n) is 2.81. The summed E-state index contributed by atoms with van der Waals surface area (Å²) in [5.74, 6) is -1.12. The quantitative estimate of drug-likeness (QED) is 0.757. The summed E-state index contributed by atoms with van der Waals surface area (Å²) in [5.41, 5.74) is 4.24. The molecule has 14 heavy (non-hydrogen) atoms. The third kappa shape index (κ3) is 2.04. The minimum atomic E-state index is -2.92. The van der Waals surface area contributed by atoms with Gasteiger partial charge < -0.3 is 5.73 Å². The highest BCUT2D eigenvalue weighted by molar-refractivity contribution is 5.29. The Labute approximate surface area is 78.5 Å². The van der Waals surface area contributed by atoms with E-state index in [-0.39, 0.29) is 5.56 Å². The van der Waals surface area contributed by atoms with Crippen LogP contribution in [0.5, 0.6) is 0 Å². The minimum absolute atomic E-state index is 0.217. The van der Waals surface area contributed by atoms with E-state index in [0.29, 0.717) is 0 Å². The van der Waals surface area contributed by atoms with Crippen LogP contribution in [0.15, 0.2) is 18.2 Å². The molecule has 1 nitrogen and oxygen atoms in total. The average Bonchev–Trinajstić information content (AvgIpc) is 2.16. The Kier molecular flexibility index (Phi) is 3.46. The summed E-state index contributed by atoms with van der Waals surface area (Å²) in [4.78, 5) is 0. The van der Waals surface area contributed by atoms with Crippen molar-refractivity contribution in [3.05, 3.63) is 35.1 Å². The van der Waals surface area contributed by atoms with Gasteiger partial charge in [-0.2, -0.15) is 0 Å². The molecule has 0 spiro atoms. The van der Waals surface area contributed by atoms with Crippen molar-refractivity contribution in [2.75, 3.05) is 6.67 Å². The van der Waals surface area contributed by atoms with Gasteiger partial charge >= 0.3 is 0 Å². The first-order valence-corrected chi connectivity index (χ1v) is 3.96. The van der Waals surface area contributed by atoms with Crippen molar-refractivity contribution in [1.29, 1.82) is 0 Å². The second kappa shape index (κ2) is 4.41. The van der Waals surface area contributed by atoms with Gasteiger partial charge in [0.05, 0.1) is 11.6 Å². The topological polar surface area (TPSA) is 26.0 Å². The number of alkyl halides is 3. The molecular formula is C9H9F4N. The molecule has 0 aliphatic rings. The standard InChI is InChI=1S/C9H9F4N/c10-4-7(14)5-2-1-3-6(8(5)11)9(12)13/h1-3,7,9H,4,14H2/t7-/m1/s1. The van der Waals surface area contributed by atoms with Crippen LogP contribution in [0.4, 0.5) is 17.6 Å². The Hall–Kier alpha value is -1.10.